The maximum absolute atomic E-state index is 11.3. The lowest BCUT2D eigenvalue weighted by molar-refractivity contribution is -0.133. The summed E-state index contributed by atoms with van der Waals surface area (Å²) in [6.07, 6.45) is 2.94. The highest BCUT2D eigenvalue weighted by Gasteiger charge is 2.06. The molecule has 16 heavy (non-hydrogen) atoms. The van der Waals surface area contributed by atoms with Gasteiger partial charge in [-0.25, -0.2) is 0 Å². The molecule has 1 heterocycles. The molecule has 1 aromatic heterocycles. The van der Waals surface area contributed by atoms with E-state index in [1.165, 1.54) is 12.4 Å². The minimum Gasteiger partial charge on any atom is -0.481 e. The number of aromatic nitrogens is 1. The Labute approximate surface area is 101 Å². The van der Waals surface area contributed by atoms with Gasteiger partial charge in [-0.2, -0.15) is 0 Å². The zero-order chi connectivity index (χ0) is 12.0. The summed E-state index contributed by atoms with van der Waals surface area (Å²) in [6.45, 7) is 0. The lowest BCUT2D eigenvalue weighted by Crippen LogP contribution is -2.15. The quantitative estimate of drug-likeness (QED) is 0.839. The number of nitrogens with zero attached hydrogens (tertiary/aromatic N) is 1. The first-order valence-electron chi connectivity index (χ1n) is 4.28. The summed E-state index contributed by atoms with van der Waals surface area (Å²) in [5.41, 5.74) is 0.421. The third-order valence-corrected chi connectivity index (χ3v) is 2.75. The maximum atomic E-state index is 11.3. The number of carboxylic acids is 1. The third kappa shape index (κ3) is 4.50. The van der Waals surface area contributed by atoms with Crippen molar-refractivity contribution >= 4 is 40.9 Å². The van der Waals surface area contributed by atoms with Crippen LogP contribution in [0.2, 0.25) is 5.02 Å². The number of amides is 1. The smallest absolute Gasteiger partial charge is 0.313 e. The summed E-state index contributed by atoms with van der Waals surface area (Å²) >= 11 is 6.82. The van der Waals surface area contributed by atoms with Gasteiger partial charge in [0.15, 0.2) is 0 Å². The molecule has 0 saturated heterocycles. The molecule has 1 aromatic rings. The Morgan fingerprint density at radius 2 is 2.25 bits per heavy atom. The van der Waals surface area contributed by atoms with E-state index in [2.05, 4.69) is 10.3 Å². The summed E-state index contributed by atoms with van der Waals surface area (Å²) in [5, 5.41) is 11.3. The number of hydrogen-bond donors (Lipinski definition) is 2. The Kier molecular flexibility index (Phi) is 5.07. The lowest BCUT2D eigenvalue weighted by Gasteiger charge is -2.05. The second-order valence-corrected chi connectivity index (χ2v) is 4.18. The first kappa shape index (κ1) is 12.8. The summed E-state index contributed by atoms with van der Waals surface area (Å²) < 4.78 is 0. The molecule has 0 atom stereocenters. The van der Waals surface area contributed by atoms with Crippen LogP contribution in [-0.4, -0.2) is 33.5 Å². The lowest BCUT2D eigenvalue weighted by atomic mass is 10.4. The van der Waals surface area contributed by atoms with E-state index in [9.17, 15) is 9.59 Å². The number of hydrogen-bond acceptors (Lipinski definition) is 4. The van der Waals surface area contributed by atoms with Gasteiger partial charge in [0.05, 0.1) is 28.4 Å². The van der Waals surface area contributed by atoms with Crippen LogP contribution >= 0.6 is 23.4 Å². The molecular weight excluding hydrogens is 252 g/mol. The van der Waals surface area contributed by atoms with E-state index in [0.717, 1.165) is 11.8 Å². The number of anilines is 1. The van der Waals surface area contributed by atoms with Crippen LogP contribution in [0.4, 0.5) is 5.69 Å². The number of carboxylic acid groups (broad SMARTS) is 1. The van der Waals surface area contributed by atoms with E-state index < -0.39 is 5.97 Å². The van der Waals surface area contributed by atoms with Crippen molar-refractivity contribution in [3.8, 4) is 0 Å². The van der Waals surface area contributed by atoms with Gasteiger partial charge >= 0.3 is 5.97 Å². The monoisotopic (exact) mass is 260 g/mol. The number of aliphatic carboxylic acids is 1. The van der Waals surface area contributed by atoms with E-state index in [1.54, 1.807) is 6.07 Å². The molecule has 0 fully saturated rings. The van der Waals surface area contributed by atoms with Gasteiger partial charge in [0.25, 0.3) is 0 Å². The van der Waals surface area contributed by atoms with Crippen LogP contribution < -0.4 is 5.32 Å². The Morgan fingerprint density at radius 1 is 1.50 bits per heavy atom. The summed E-state index contributed by atoms with van der Waals surface area (Å²) in [6, 6.07) is 1.56. The average molecular weight is 261 g/mol. The molecule has 0 aliphatic carbocycles. The van der Waals surface area contributed by atoms with Crippen molar-refractivity contribution in [2.24, 2.45) is 0 Å². The minimum absolute atomic E-state index is 0.0670. The van der Waals surface area contributed by atoms with Gasteiger partial charge in [0.2, 0.25) is 5.91 Å². The molecule has 0 unspecified atom stereocenters. The summed E-state index contributed by atoms with van der Waals surface area (Å²) in [7, 11) is 0. The van der Waals surface area contributed by atoms with Gasteiger partial charge < -0.3 is 10.4 Å². The minimum atomic E-state index is -0.947. The van der Waals surface area contributed by atoms with Crippen molar-refractivity contribution in [1.29, 1.82) is 0 Å². The van der Waals surface area contributed by atoms with Gasteiger partial charge in [-0.1, -0.05) is 11.6 Å². The Hall–Kier alpha value is -1.27. The van der Waals surface area contributed by atoms with Crippen molar-refractivity contribution in [3.63, 3.8) is 0 Å². The maximum Gasteiger partial charge on any atom is 0.313 e. The van der Waals surface area contributed by atoms with Crippen molar-refractivity contribution < 1.29 is 14.7 Å². The Bertz CT molecular complexity index is 400. The zero-order valence-electron chi connectivity index (χ0n) is 8.14. The molecule has 1 amide bonds. The predicted molar refractivity (Wildman–Crippen MR) is 62.8 cm³/mol. The number of nitrogens with one attached hydrogen (secondary N) is 1. The second-order valence-electron chi connectivity index (χ2n) is 2.79. The molecule has 2 N–H and O–H groups in total. The Balaban J connectivity index is 2.40. The van der Waals surface area contributed by atoms with E-state index in [0.29, 0.717) is 10.7 Å². The number of carbonyl (C=O) groups is 2. The van der Waals surface area contributed by atoms with Gasteiger partial charge in [-0.15, -0.1) is 11.8 Å². The van der Waals surface area contributed by atoms with Crippen molar-refractivity contribution in [1.82, 2.24) is 4.98 Å². The highest BCUT2D eigenvalue weighted by atomic mass is 35.5. The topological polar surface area (TPSA) is 79.3 Å². The van der Waals surface area contributed by atoms with Crippen LogP contribution in [0.3, 0.4) is 0 Å². The van der Waals surface area contributed by atoms with E-state index in [1.807, 2.05) is 0 Å². The first-order valence-corrected chi connectivity index (χ1v) is 5.82. The fourth-order valence-electron chi connectivity index (χ4n) is 0.887. The molecule has 0 radical (unpaired) electrons. The predicted octanol–water partition coefficient (Wildman–Crippen LogP) is 1.49. The third-order valence-electron chi connectivity index (χ3n) is 1.50. The van der Waals surface area contributed by atoms with Gasteiger partial charge in [0, 0.05) is 6.20 Å². The van der Waals surface area contributed by atoms with Gasteiger partial charge in [-0.3, -0.25) is 14.6 Å². The number of halogens is 1. The summed E-state index contributed by atoms with van der Waals surface area (Å²) in [4.78, 5) is 25.4. The Morgan fingerprint density at radius 3 is 2.88 bits per heavy atom. The normalized spacial score (nSPS) is 9.81. The standard InChI is InChI=1S/C9H9ClN2O3S/c10-6-1-2-11-3-7(6)12-8(13)4-16-5-9(14)15/h1-3H,4-5H2,(H,12,13)(H,14,15). The van der Waals surface area contributed by atoms with Crippen LogP contribution in [0, 0.1) is 0 Å². The highest BCUT2D eigenvalue weighted by Crippen LogP contribution is 2.19. The van der Waals surface area contributed by atoms with Gasteiger partial charge in [-0.05, 0) is 6.07 Å². The van der Waals surface area contributed by atoms with E-state index >= 15 is 0 Å². The molecule has 0 bridgehead atoms. The molecule has 0 aromatic carbocycles. The van der Waals surface area contributed by atoms with E-state index in [-0.39, 0.29) is 17.4 Å². The van der Waals surface area contributed by atoms with Crippen LogP contribution in [0.5, 0.6) is 0 Å². The molecule has 5 nitrogen and oxygen atoms in total. The first-order chi connectivity index (χ1) is 7.59. The van der Waals surface area contributed by atoms with Crippen LogP contribution in [-0.2, 0) is 9.59 Å². The van der Waals surface area contributed by atoms with Crippen molar-refractivity contribution in [3.05, 3.63) is 23.5 Å². The van der Waals surface area contributed by atoms with Crippen LogP contribution in [0.25, 0.3) is 0 Å². The van der Waals surface area contributed by atoms with Crippen molar-refractivity contribution in [2.45, 2.75) is 0 Å². The molecule has 7 heteroatoms. The second kappa shape index (κ2) is 6.34. The molecule has 0 saturated carbocycles. The highest BCUT2D eigenvalue weighted by molar-refractivity contribution is 8.00. The van der Waals surface area contributed by atoms with Crippen LogP contribution in [0.1, 0.15) is 0 Å². The number of pyridine rings is 1. The van der Waals surface area contributed by atoms with Gasteiger partial charge in [0.1, 0.15) is 0 Å². The molecule has 0 aliphatic rings. The average Bonchev–Trinajstić information content (AvgIpc) is 2.21. The molecule has 86 valence electrons. The van der Waals surface area contributed by atoms with E-state index in [4.69, 9.17) is 16.7 Å². The zero-order valence-corrected chi connectivity index (χ0v) is 9.72. The summed E-state index contributed by atoms with van der Waals surface area (Å²) in [5.74, 6) is -1.29. The molecular formula is C9H9ClN2O3S. The molecule has 0 spiro atoms. The fraction of sp³-hybridized carbons (Fsp3) is 0.222. The van der Waals surface area contributed by atoms with Crippen LogP contribution in [0.15, 0.2) is 18.5 Å². The van der Waals surface area contributed by atoms with Crippen molar-refractivity contribution in [2.75, 3.05) is 16.8 Å². The fourth-order valence-corrected chi connectivity index (χ4v) is 1.57. The number of thioether (sulfide) groups is 1. The SMILES string of the molecule is O=C(O)CSCC(=O)Nc1cnccc1Cl. The largest absolute Gasteiger partial charge is 0.481 e. The molecule has 0 aliphatic heterocycles. The number of rotatable bonds is 5. The number of carbonyl (C=O) groups excluding carboxylic acids is 1. The molecule has 1 rings (SSSR count).